The molecule has 1 rings (SSSR count). The van der Waals surface area contributed by atoms with E-state index in [2.05, 4.69) is 0 Å². The molecule has 0 fully saturated rings. The molecule has 0 aromatic carbocycles. The van der Waals surface area contributed by atoms with E-state index in [-0.39, 0.29) is 11.6 Å². The largest absolute Gasteiger partial charge is 0.496 e. The summed E-state index contributed by atoms with van der Waals surface area (Å²) in [7, 11) is 0. The first-order valence-corrected chi connectivity index (χ1v) is 4.71. The van der Waals surface area contributed by atoms with Gasteiger partial charge in [-0.25, -0.2) is 0 Å². The van der Waals surface area contributed by atoms with Crippen molar-refractivity contribution in [2.45, 2.75) is 38.8 Å². The summed E-state index contributed by atoms with van der Waals surface area (Å²) in [6.45, 7) is 7.34. The molecule has 1 aliphatic rings. The number of hydrogen-bond acceptors (Lipinski definition) is 3. The van der Waals surface area contributed by atoms with Gasteiger partial charge in [0.2, 0.25) is 0 Å². The van der Waals surface area contributed by atoms with Crippen LogP contribution in [0.15, 0.2) is 11.8 Å². The van der Waals surface area contributed by atoms with Gasteiger partial charge in [-0.1, -0.05) is 0 Å². The van der Waals surface area contributed by atoms with E-state index in [0.29, 0.717) is 6.61 Å². The molecule has 0 aromatic rings. The topological polar surface area (TPSA) is 44.5 Å². The predicted octanol–water partition coefficient (Wildman–Crippen LogP) is 1.43. The van der Waals surface area contributed by atoms with Crippen LogP contribution in [-0.2, 0) is 9.47 Å². The van der Waals surface area contributed by atoms with Crippen LogP contribution in [0.2, 0.25) is 0 Å². The second-order valence-corrected chi connectivity index (χ2v) is 4.27. The Morgan fingerprint density at radius 3 is 2.77 bits per heavy atom. The van der Waals surface area contributed by atoms with E-state index in [0.717, 1.165) is 18.8 Å². The predicted molar refractivity (Wildman–Crippen MR) is 52.3 cm³/mol. The van der Waals surface area contributed by atoms with E-state index < -0.39 is 0 Å². The van der Waals surface area contributed by atoms with Crippen LogP contribution in [-0.4, -0.2) is 24.9 Å². The van der Waals surface area contributed by atoms with Gasteiger partial charge in [0.05, 0.1) is 24.9 Å². The van der Waals surface area contributed by atoms with Crippen LogP contribution in [0.25, 0.3) is 0 Å². The monoisotopic (exact) mass is 185 g/mol. The van der Waals surface area contributed by atoms with Gasteiger partial charge in [-0.05, 0) is 26.8 Å². The van der Waals surface area contributed by atoms with E-state index >= 15 is 0 Å². The summed E-state index contributed by atoms with van der Waals surface area (Å²) in [6.07, 6.45) is 3.01. The van der Waals surface area contributed by atoms with Crippen molar-refractivity contribution in [2.24, 2.45) is 5.73 Å². The van der Waals surface area contributed by atoms with Gasteiger partial charge in [0.1, 0.15) is 5.76 Å². The van der Waals surface area contributed by atoms with E-state index in [9.17, 15) is 0 Å². The van der Waals surface area contributed by atoms with Crippen molar-refractivity contribution >= 4 is 0 Å². The van der Waals surface area contributed by atoms with E-state index in [1.54, 1.807) is 0 Å². The van der Waals surface area contributed by atoms with Crippen LogP contribution >= 0.6 is 0 Å². The summed E-state index contributed by atoms with van der Waals surface area (Å²) in [5.74, 6) is 0.879. The van der Waals surface area contributed by atoms with Crippen molar-refractivity contribution in [1.82, 2.24) is 0 Å². The first-order valence-electron chi connectivity index (χ1n) is 4.71. The van der Waals surface area contributed by atoms with E-state index in [1.807, 2.05) is 26.8 Å². The molecule has 1 unspecified atom stereocenters. The van der Waals surface area contributed by atoms with Gasteiger partial charge < -0.3 is 15.2 Å². The van der Waals surface area contributed by atoms with Crippen LogP contribution < -0.4 is 5.73 Å². The fraction of sp³-hybridized carbons (Fsp3) is 0.800. The SMILES string of the molecule is CC(C)(C)OCC(N)C1=CCCO1. The molecule has 3 heteroatoms. The highest BCUT2D eigenvalue weighted by atomic mass is 16.5. The number of nitrogens with two attached hydrogens (primary N) is 1. The molecule has 3 nitrogen and oxygen atoms in total. The Morgan fingerprint density at radius 2 is 2.31 bits per heavy atom. The normalized spacial score (nSPS) is 19.5. The maximum atomic E-state index is 5.87. The first-order chi connectivity index (χ1) is 5.99. The molecule has 2 N–H and O–H groups in total. The lowest BCUT2D eigenvalue weighted by Crippen LogP contribution is -2.33. The summed E-state index contributed by atoms with van der Waals surface area (Å²) in [6, 6.07) is -0.110. The Balaban J connectivity index is 2.29. The molecule has 13 heavy (non-hydrogen) atoms. The van der Waals surface area contributed by atoms with Crippen LogP contribution in [0, 0.1) is 0 Å². The molecule has 0 spiro atoms. The molecule has 1 atom stereocenters. The van der Waals surface area contributed by atoms with Crippen LogP contribution in [0.5, 0.6) is 0 Å². The third-order valence-electron chi connectivity index (χ3n) is 1.79. The lowest BCUT2D eigenvalue weighted by molar-refractivity contribution is -0.0113. The molecule has 0 aliphatic carbocycles. The maximum absolute atomic E-state index is 5.87. The van der Waals surface area contributed by atoms with Crippen LogP contribution in [0.4, 0.5) is 0 Å². The lowest BCUT2D eigenvalue weighted by Gasteiger charge is -2.22. The zero-order valence-corrected chi connectivity index (χ0v) is 8.67. The minimum Gasteiger partial charge on any atom is -0.496 e. The highest BCUT2D eigenvalue weighted by Gasteiger charge is 2.18. The molecule has 0 bridgehead atoms. The smallest absolute Gasteiger partial charge is 0.111 e. The Hall–Kier alpha value is -0.540. The third-order valence-corrected chi connectivity index (χ3v) is 1.79. The Kier molecular flexibility index (Phi) is 3.33. The molecule has 1 heterocycles. The van der Waals surface area contributed by atoms with Gasteiger partial charge in [-0.15, -0.1) is 0 Å². The molecule has 0 saturated carbocycles. The molecule has 0 aromatic heterocycles. The second kappa shape index (κ2) is 4.11. The summed E-state index contributed by atoms with van der Waals surface area (Å²) in [5.41, 5.74) is 5.74. The zero-order chi connectivity index (χ0) is 9.90. The average Bonchev–Trinajstić information content (AvgIpc) is 2.50. The molecule has 1 aliphatic heterocycles. The van der Waals surface area contributed by atoms with Crippen molar-refractivity contribution in [3.05, 3.63) is 11.8 Å². The van der Waals surface area contributed by atoms with Crippen molar-refractivity contribution in [1.29, 1.82) is 0 Å². The lowest BCUT2D eigenvalue weighted by atomic mass is 10.2. The molecule has 0 radical (unpaired) electrons. The molecular formula is C10H19NO2. The van der Waals surface area contributed by atoms with Gasteiger partial charge in [0.15, 0.2) is 0 Å². The highest BCUT2D eigenvalue weighted by Crippen LogP contribution is 2.14. The van der Waals surface area contributed by atoms with E-state index in [1.165, 1.54) is 0 Å². The number of hydrogen-bond donors (Lipinski definition) is 1. The summed E-state index contributed by atoms with van der Waals surface area (Å²) >= 11 is 0. The quantitative estimate of drug-likeness (QED) is 0.723. The molecule has 0 amide bonds. The highest BCUT2D eigenvalue weighted by molar-refractivity contribution is 5.05. The van der Waals surface area contributed by atoms with Crippen molar-refractivity contribution < 1.29 is 9.47 Å². The number of ether oxygens (including phenoxy) is 2. The molecular weight excluding hydrogens is 166 g/mol. The summed E-state index contributed by atoms with van der Waals surface area (Å²) < 4.78 is 10.9. The van der Waals surface area contributed by atoms with Crippen LogP contribution in [0.3, 0.4) is 0 Å². The standard InChI is InChI=1S/C10H19NO2/c1-10(2,3)13-7-8(11)9-5-4-6-12-9/h5,8H,4,6-7,11H2,1-3H3. The van der Waals surface area contributed by atoms with Gasteiger partial charge in [-0.2, -0.15) is 0 Å². The number of rotatable bonds is 3. The van der Waals surface area contributed by atoms with Crippen molar-refractivity contribution in [3.63, 3.8) is 0 Å². The molecule has 76 valence electrons. The third kappa shape index (κ3) is 3.79. The van der Waals surface area contributed by atoms with Gasteiger partial charge >= 0.3 is 0 Å². The zero-order valence-electron chi connectivity index (χ0n) is 8.67. The Labute approximate surface area is 79.9 Å². The van der Waals surface area contributed by atoms with Gasteiger partial charge in [0.25, 0.3) is 0 Å². The van der Waals surface area contributed by atoms with Crippen molar-refractivity contribution in [3.8, 4) is 0 Å². The molecule has 0 saturated heterocycles. The van der Waals surface area contributed by atoms with Gasteiger partial charge in [-0.3, -0.25) is 0 Å². The minimum atomic E-state index is -0.128. The van der Waals surface area contributed by atoms with E-state index in [4.69, 9.17) is 15.2 Å². The fourth-order valence-electron chi connectivity index (χ4n) is 1.12. The Morgan fingerprint density at radius 1 is 1.62 bits per heavy atom. The first kappa shape index (κ1) is 10.5. The van der Waals surface area contributed by atoms with Crippen molar-refractivity contribution in [2.75, 3.05) is 13.2 Å². The fourth-order valence-corrected chi connectivity index (χ4v) is 1.12. The summed E-state index contributed by atoms with van der Waals surface area (Å²) in [5, 5.41) is 0. The van der Waals surface area contributed by atoms with Crippen LogP contribution in [0.1, 0.15) is 27.2 Å². The second-order valence-electron chi connectivity index (χ2n) is 4.27. The Bertz CT molecular complexity index is 194. The minimum absolute atomic E-state index is 0.110. The maximum Gasteiger partial charge on any atom is 0.111 e. The average molecular weight is 185 g/mol. The summed E-state index contributed by atoms with van der Waals surface area (Å²) in [4.78, 5) is 0. The van der Waals surface area contributed by atoms with Gasteiger partial charge in [0, 0.05) is 6.42 Å².